The Balaban J connectivity index is 0.00000357. The smallest absolute Gasteiger partial charge is 0.509 e. The number of nitrogens with zero attached hydrogens (tertiary/aromatic N) is 4. The van der Waals surface area contributed by atoms with Crippen molar-refractivity contribution >= 4 is 21.8 Å². The van der Waals surface area contributed by atoms with Gasteiger partial charge in [0.1, 0.15) is 5.82 Å². The third-order valence-corrected chi connectivity index (χ3v) is 8.80. The summed E-state index contributed by atoms with van der Waals surface area (Å²) in [5.41, 5.74) is 13.7. The number of benzene rings is 4. The minimum absolute atomic E-state index is 0. The van der Waals surface area contributed by atoms with Crippen molar-refractivity contribution < 1.29 is 25.2 Å². The number of para-hydroxylation sites is 1. The predicted octanol–water partition coefficient (Wildman–Crippen LogP) is 9.58. The van der Waals surface area contributed by atoms with Gasteiger partial charge in [-0.2, -0.15) is 17.2 Å². The second-order valence-electron chi connectivity index (χ2n) is 11.7. The maximum atomic E-state index is 6.40. The Bertz CT molecular complexity index is 2210. The van der Waals surface area contributed by atoms with Crippen LogP contribution in [0, 0.1) is 60.6 Å². The largest absolute Gasteiger partial charge is 2.00 e. The summed E-state index contributed by atoms with van der Waals surface area (Å²) < 4.78 is 10.5. The normalized spacial score (nSPS) is 11.3. The van der Waals surface area contributed by atoms with Gasteiger partial charge in [0.25, 0.3) is 0 Å². The summed E-state index contributed by atoms with van der Waals surface area (Å²) >= 11 is 0. The van der Waals surface area contributed by atoms with E-state index in [4.69, 9.17) is 9.84 Å². The van der Waals surface area contributed by atoms with Crippen molar-refractivity contribution in [2.45, 2.75) is 48.5 Å². The van der Waals surface area contributed by atoms with E-state index < -0.39 is 0 Å². The van der Waals surface area contributed by atoms with E-state index in [9.17, 15) is 0 Å². The molecule has 226 valence electrons. The molecule has 0 amide bonds. The molecule has 0 radical (unpaired) electrons. The molecule has 3 heterocycles. The first-order valence-corrected chi connectivity index (χ1v) is 14.9. The molecule has 7 aromatic rings. The maximum Gasteiger partial charge on any atom is 2.00 e. The molecule has 0 aliphatic carbocycles. The summed E-state index contributed by atoms with van der Waals surface area (Å²) in [5.74, 6) is 2.06. The first kappa shape index (κ1) is 30.5. The van der Waals surface area contributed by atoms with Crippen molar-refractivity contribution in [2.75, 3.05) is 0 Å². The summed E-state index contributed by atoms with van der Waals surface area (Å²) in [6.07, 6.45) is 1.85. The van der Waals surface area contributed by atoms with Crippen molar-refractivity contribution in [3.05, 3.63) is 130 Å². The molecular weight excluding hydrogens is 647 g/mol. The van der Waals surface area contributed by atoms with Crippen molar-refractivity contribution in [3.8, 4) is 34.1 Å². The molecule has 7 rings (SSSR count). The van der Waals surface area contributed by atoms with Crippen molar-refractivity contribution in [2.24, 2.45) is 0 Å². The van der Waals surface area contributed by atoms with E-state index in [-0.39, 0.29) is 20.4 Å². The minimum atomic E-state index is 0. The van der Waals surface area contributed by atoms with Gasteiger partial charge in [0, 0.05) is 34.5 Å². The van der Waals surface area contributed by atoms with Gasteiger partial charge < -0.3 is 9.30 Å². The zero-order valence-electron chi connectivity index (χ0n) is 26.5. The van der Waals surface area contributed by atoms with E-state index in [2.05, 4.69) is 113 Å². The van der Waals surface area contributed by atoms with Crippen LogP contribution in [-0.4, -0.2) is 19.3 Å². The number of fused-ring (bicyclic) bond motifs is 3. The SMILES string of the molecule is Cc1ccnc(-n2c3[c-]c(Oc4[c-]c(-n5nc(C)c(-c6c(C)c(C)cc(C)c6C)c5C)ccc4)ccc3c3ccccc32)c1.[Pd+2]. The number of pyridine rings is 1. The summed E-state index contributed by atoms with van der Waals surface area (Å²) in [5, 5.41) is 7.22. The van der Waals surface area contributed by atoms with Gasteiger partial charge in [-0.15, -0.1) is 35.7 Å². The molecule has 0 fully saturated rings. The first-order chi connectivity index (χ1) is 21.2. The molecule has 0 atom stereocenters. The summed E-state index contributed by atoms with van der Waals surface area (Å²) in [7, 11) is 0. The fourth-order valence-corrected chi connectivity index (χ4v) is 6.38. The first-order valence-electron chi connectivity index (χ1n) is 14.9. The van der Waals surface area contributed by atoms with Crippen LogP contribution in [0.2, 0.25) is 0 Å². The Kier molecular flexibility index (Phi) is 7.99. The van der Waals surface area contributed by atoms with Crippen LogP contribution in [0.25, 0.3) is 44.4 Å². The molecule has 45 heavy (non-hydrogen) atoms. The monoisotopic (exact) mass is 680 g/mol. The molecule has 0 aliphatic heterocycles. The molecule has 0 unspecified atom stereocenters. The Morgan fingerprint density at radius 3 is 2.18 bits per heavy atom. The van der Waals surface area contributed by atoms with Gasteiger partial charge in [-0.25, -0.2) is 4.98 Å². The Morgan fingerprint density at radius 2 is 1.42 bits per heavy atom. The quantitative estimate of drug-likeness (QED) is 0.134. The number of aromatic nitrogens is 4. The molecule has 3 aromatic heterocycles. The number of hydrogen-bond donors (Lipinski definition) is 0. The average molecular weight is 681 g/mol. The second kappa shape index (κ2) is 11.8. The zero-order chi connectivity index (χ0) is 30.7. The fourth-order valence-electron chi connectivity index (χ4n) is 6.38. The van der Waals surface area contributed by atoms with Gasteiger partial charge in [0.05, 0.1) is 5.69 Å². The van der Waals surface area contributed by atoms with E-state index in [0.717, 1.165) is 50.3 Å². The van der Waals surface area contributed by atoms with Crippen LogP contribution in [-0.2, 0) is 20.4 Å². The van der Waals surface area contributed by atoms with Gasteiger partial charge >= 0.3 is 20.4 Å². The van der Waals surface area contributed by atoms with Crippen molar-refractivity contribution in [3.63, 3.8) is 0 Å². The van der Waals surface area contributed by atoms with E-state index in [1.165, 1.54) is 33.4 Å². The second-order valence-corrected chi connectivity index (χ2v) is 11.7. The third-order valence-electron chi connectivity index (χ3n) is 8.80. The Labute approximate surface area is 278 Å². The number of aryl methyl sites for hydroxylation is 4. The molecule has 0 saturated carbocycles. The average Bonchev–Trinajstić information content (AvgIpc) is 3.49. The zero-order valence-corrected chi connectivity index (χ0v) is 28.1. The van der Waals surface area contributed by atoms with Crippen LogP contribution in [0.5, 0.6) is 11.5 Å². The molecule has 5 nitrogen and oxygen atoms in total. The predicted molar refractivity (Wildman–Crippen MR) is 178 cm³/mol. The van der Waals surface area contributed by atoms with E-state index in [1.54, 1.807) is 0 Å². The van der Waals surface area contributed by atoms with Crippen LogP contribution < -0.4 is 4.74 Å². The topological polar surface area (TPSA) is 44.9 Å². The van der Waals surface area contributed by atoms with Crippen molar-refractivity contribution in [1.29, 1.82) is 0 Å². The van der Waals surface area contributed by atoms with Crippen molar-refractivity contribution in [1.82, 2.24) is 19.3 Å². The number of ether oxygens (including phenoxy) is 1. The van der Waals surface area contributed by atoms with Crippen LogP contribution in [0.1, 0.15) is 39.2 Å². The number of hydrogen-bond acceptors (Lipinski definition) is 3. The standard InChI is InChI=1S/C39H34N4O.Pd/c1-23-17-18-40-37(19-23)42-35-14-9-8-13-33(35)34-16-15-32(22-36(34)42)44-31-12-10-11-30(21-31)43-29(7)39(28(6)41-43)38-26(4)24(2)20-25(3)27(38)5;/h8-20H,1-7H3;/q-2;+2. The third kappa shape index (κ3) is 5.19. The van der Waals surface area contributed by atoms with Crippen LogP contribution in [0.4, 0.5) is 0 Å². The molecule has 6 heteroatoms. The summed E-state index contributed by atoms with van der Waals surface area (Å²) in [4.78, 5) is 4.69. The van der Waals surface area contributed by atoms with E-state index in [1.807, 2.05) is 41.2 Å². The number of rotatable bonds is 5. The Hall–Kier alpha value is -4.50. The molecule has 0 spiro atoms. The summed E-state index contributed by atoms with van der Waals surface area (Å²) in [6, 6.07) is 31.7. The molecule has 0 saturated heterocycles. The van der Waals surface area contributed by atoms with E-state index >= 15 is 0 Å². The Morgan fingerprint density at radius 1 is 0.689 bits per heavy atom. The van der Waals surface area contributed by atoms with Gasteiger partial charge in [0.15, 0.2) is 0 Å². The van der Waals surface area contributed by atoms with Crippen LogP contribution >= 0.6 is 0 Å². The molecule has 0 bridgehead atoms. The minimum Gasteiger partial charge on any atom is -0.509 e. The molecule has 0 aliphatic rings. The van der Waals surface area contributed by atoms with Gasteiger partial charge in [-0.05, 0) is 111 Å². The van der Waals surface area contributed by atoms with Gasteiger partial charge in [-0.3, -0.25) is 4.68 Å². The fraction of sp³-hybridized carbons (Fsp3) is 0.179. The maximum absolute atomic E-state index is 6.40. The van der Waals surface area contributed by atoms with Gasteiger partial charge in [0.2, 0.25) is 0 Å². The summed E-state index contributed by atoms with van der Waals surface area (Å²) in [6.45, 7) is 15.1. The van der Waals surface area contributed by atoms with E-state index in [0.29, 0.717) is 11.5 Å². The molecule has 4 aromatic carbocycles. The van der Waals surface area contributed by atoms with Crippen LogP contribution in [0.15, 0.2) is 79.0 Å². The van der Waals surface area contributed by atoms with Gasteiger partial charge in [-0.1, -0.05) is 29.8 Å². The van der Waals surface area contributed by atoms with Crippen LogP contribution in [0.3, 0.4) is 0 Å². The molecule has 0 N–H and O–H groups in total. The molecular formula is C39H34N4OPd.